The number of aliphatic carboxylic acids is 1. The number of aromatic amines is 1. The number of nitrogens with two attached hydrogens (primary N) is 1. The molecule has 9 atom stereocenters. The third-order valence-corrected chi connectivity index (χ3v) is 10.6. The number of likely N-dealkylation sites (N-methyl/N-ethyl adjacent to an activating group) is 1. The van der Waals surface area contributed by atoms with Gasteiger partial charge in [-0.05, 0) is 42.9 Å². The van der Waals surface area contributed by atoms with E-state index in [1.54, 1.807) is 13.1 Å². The number of aromatic nitrogens is 1. The van der Waals surface area contributed by atoms with Crippen LogP contribution in [0, 0.1) is 5.92 Å². The van der Waals surface area contributed by atoms with E-state index in [0.29, 0.717) is 5.56 Å². The van der Waals surface area contributed by atoms with Crippen molar-refractivity contribution in [2.24, 2.45) is 11.7 Å². The minimum atomic E-state index is -1.46. The van der Waals surface area contributed by atoms with E-state index >= 15 is 0 Å². The molecule has 19 nitrogen and oxygen atoms in total. The van der Waals surface area contributed by atoms with Gasteiger partial charge in [0.2, 0.25) is 30.0 Å². The molecular weight excluding hydrogens is 779 g/mol. The number of fused-ring (bicyclic) bond motifs is 1. The molecule has 1 fully saturated rings. The molecule has 11 N–H and O–H groups in total. The minimum absolute atomic E-state index is 0.0440. The average Bonchev–Trinajstić information content (AvgIpc) is 3.79. The van der Waals surface area contributed by atoms with E-state index in [9.17, 15) is 44.1 Å². The van der Waals surface area contributed by atoms with Crippen LogP contribution >= 0.6 is 0 Å². The number of nitrogens with zero attached hydrogens (tertiary/aromatic N) is 2. The molecular formula is C41H55N9O10. The van der Waals surface area contributed by atoms with Crippen molar-refractivity contribution in [2.45, 2.75) is 101 Å². The summed E-state index contributed by atoms with van der Waals surface area (Å²) in [4.78, 5) is 84.7. The summed E-state index contributed by atoms with van der Waals surface area (Å²) in [7, 11) is 1.46. The van der Waals surface area contributed by atoms with Crippen LogP contribution in [0.2, 0.25) is 0 Å². The third kappa shape index (κ3) is 11.6. The first-order valence-electron chi connectivity index (χ1n) is 19.8. The summed E-state index contributed by atoms with van der Waals surface area (Å²) in [6.45, 7) is 5.04. The van der Waals surface area contributed by atoms with Gasteiger partial charge in [0.25, 0.3) is 0 Å². The van der Waals surface area contributed by atoms with E-state index in [0.717, 1.165) is 22.5 Å². The van der Waals surface area contributed by atoms with E-state index in [4.69, 9.17) is 10.5 Å². The number of nitrogens with one attached hydrogen (secondary N) is 6. The maximum absolute atomic E-state index is 14.1. The number of carboxylic acids is 1. The molecule has 3 heterocycles. The van der Waals surface area contributed by atoms with Crippen LogP contribution in [0.5, 0.6) is 0 Å². The predicted octanol–water partition coefficient (Wildman–Crippen LogP) is -0.407. The number of ether oxygens (including phenoxy) is 1. The number of hydrogen-bond donors (Lipinski definition) is 10. The number of aliphatic hydroxyl groups is 2. The summed E-state index contributed by atoms with van der Waals surface area (Å²) < 4.78 is 5.92. The highest BCUT2D eigenvalue weighted by atomic mass is 16.5. The lowest BCUT2D eigenvalue weighted by Gasteiger charge is -2.35. The molecule has 1 saturated heterocycles. The van der Waals surface area contributed by atoms with Crippen molar-refractivity contribution in [1.29, 1.82) is 0 Å². The Morgan fingerprint density at radius 2 is 1.63 bits per heavy atom. The number of aliphatic hydroxyl groups excluding tert-OH is 2. The number of carbonyl (C=O) groups excluding carboxylic acids is 5. The maximum atomic E-state index is 14.1. The Balaban J connectivity index is 1.30. The standard InChI is InChI=1S/C41H55N9O10/c1-22(2)16-30(45-40(58)46-31(39(56)57)18-25-20-43-29-13-9-8-12-27(25)29)35(53)48-34(23(3)49(4)37(55)28(42)17-24-10-6-5-7-11-24)36(54)44-21-26-19-32(51)38(60-26)50-15-14-33(52)47-41(50)59/h5-15,20,22-23,26,28,30-32,34,38,41,43,51,59H,16-19,21,42H2,1-4H3,(H,44,54)(H,47,52)(H,48,53)(H,56,57)(H2,45,46,58)/t23-,26+,28-,30-,31-,32+,34-,38+,41?/m0/s1. The third-order valence-electron chi connectivity index (χ3n) is 10.6. The molecule has 6 amide bonds. The molecule has 0 aliphatic carbocycles. The Hall–Kier alpha value is -6.02. The number of carboxylic acid groups (broad SMARTS) is 1. The van der Waals surface area contributed by atoms with Crippen LogP contribution in [0.15, 0.2) is 73.1 Å². The van der Waals surface area contributed by atoms with Crippen LogP contribution in [0.4, 0.5) is 4.79 Å². The topological polar surface area (TPSA) is 281 Å². The van der Waals surface area contributed by atoms with Crippen molar-refractivity contribution in [1.82, 2.24) is 41.4 Å². The Labute approximate surface area is 347 Å². The van der Waals surface area contributed by atoms with E-state index in [2.05, 4.69) is 31.6 Å². The normalized spacial score (nSPS) is 21.3. The molecule has 19 heteroatoms. The molecule has 2 aliphatic heterocycles. The van der Waals surface area contributed by atoms with Crippen molar-refractivity contribution < 1.29 is 48.8 Å². The lowest BCUT2D eigenvalue weighted by molar-refractivity contribution is -0.151. The molecule has 60 heavy (non-hydrogen) atoms. The van der Waals surface area contributed by atoms with Crippen LogP contribution in [0.25, 0.3) is 10.9 Å². The summed E-state index contributed by atoms with van der Waals surface area (Å²) in [5.41, 5.74) is 8.63. The van der Waals surface area contributed by atoms with Crippen LogP contribution < -0.4 is 32.3 Å². The van der Waals surface area contributed by atoms with Crippen molar-refractivity contribution in [3.05, 3.63) is 84.2 Å². The van der Waals surface area contributed by atoms with Crippen molar-refractivity contribution in [2.75, 3.05) is 13.6 Å². The van der Waals surface area contributed by atoms with Crippen molar-refractivity contribution >= 4 is 46.5 Å². The predicted molar refractivity (Wildman–Crippen MR) is 218 cm³/mol. The monoisotopic (exact) mass is 833 g/mol. The Morgan fingerprint density at radius 3 is 2.32 bits per heavy atom. The lowest BCUT2D eigenvalue weighted by atomic mass is 10.0. The van der Waals surface area contributed by atoms with Gasteiger partial charge >= 0.3 is 12.0 Å². The highest BCUT2D eigenvalue weighted by molar-refractivity contribution is 5.94. The number of amides is 6. The lowest BCUT2D eigenvalue weighted by Crippen LogP contribution is -2.63. The quantitative estimate of drug-likeness (QED) is 0.0784. The fraction of sp³-hybridized carbons (Fsp3) is 0.463. The fourth-order valence-corrected chi connectivity index (χ4v) is 7.25. The maximum Gasteiger partial charge on any atom is 0.326 e. The average molecular weight is 834 g/mol. The van der Waals surface area contributed by atoms with Crippen molar-refractivity contribution in [3.63, 3.8) is 0 Å². The van der Waals surface area contributed by atoms with Gasteiger partial charge in [0.1, 0.15) is 24.2 Å². The zero-order valence-corrected chi connectivity index (χ0v) is 33.9. The SMILES string of the molecule is CC(C)C[C@H](NC(=O)N[C@@H](Cc1c[nH]c2ccccc12)C(=O)O)C(=O)N[C@H](C(=O)NC[C@H]1C[C@@H](O)[C@H](N2C=CC(=O)NC2O)O1)[C@H](C)N(C)C(=O)[C@@H](N)Cc1ccccc1. The smallest absolute Gasteiger partial charge is 0.326 e. The second kappa shape index (κ2) is 20.3. The zero-order valence-electron chi connectivity index (χ0n) is 33.9. The summed E-state index contributed by atoms with van der Waals surface area (Å²) in [6, 6.07) is 9.56. The molecule has 2 aromatic carbocycles. The minimum Gasteiger partial charge on any atom is -0.480 e. The number of hydrogen-bond acceptors (Lipinski definition) is 11. The molecule has 0 spiro atoms. The molecule has 2 aliphatic rings. The number of para-hydroxylation sites is 1. The summed E-state index contributed by atoms with van der Waals surface area (Å²) >= 11 is 0. The summed E-state index contributed by atoms with van der Waals surface area (Å²) in [5, 5.41) is 44.7. The first kappa shape index (κ1) is 45.1. The Kier molecular flexibility index (Phi) is 15.2. The van der Waals surface area contributed by atoms with E-state index < -0.39 is 90.6 Å². The molecule has 1 aromatic heterocycles. The fourth-order valence-electron chi connectivity index (χ4n) is 7.25. The van der Waals surface area contributed by atoms with E-state index in [1.165, 1.54) is 23.0 Å². The van der Waals surface area contributed by atoms with Crippen LogP contribution in [0.3, 0.4) is 0 Å². The van der Waals surface area contributed by atoms with Crippen LogP contribution in [0.1, 0.15) is 44.7 Å². The number of carbonyl (C=O) groups is 6. The van der Waals surface area contributed by atoms with Gasteiger partial charge in [-0.1, -0.05) is 62.4 Å². The van der Waals surface area contributed by atoms with Gasteiger partial charge in [-0.2, -0.15) is 0 Å². The highest BCUT2D eigenvalue weighted by Gasteiger charge is 2.41. The number of urea groups is 1. The molecule has 0 radical (unpaired) electrons. The Bertz CT molecular complexity index is 2030. The van der Waals surface area contributed by atoms with Gasteiger partial charge in [-0.25, -0.2) is 9.59 Å². The number of benzene rings is 2. The van der Waals surface area contributed by atoms with Crippen LogP contribution in [-0.2, 0) is 41.6 Å². The molecule has 324 valence electrons. The van der Waals surface area contributed by atoms with Gasteiger partial charge < -0.3 is 67.2 Å². The van der Waals surface area contributed by atoms with Crippen LogP contribution in [-0.4, -0.2) is 134 Å². The first-order chi connectivity index (χ1) is 28.5. The number of H-pyrrole nitrogens is 1. The molecule has 0 saturated carbocycles. The molecule has 3 aromatic rings. The van der Waals surface area contributed by atoms with E-state index in [1.807, 2.05) is 68.4 Å². The van der Waals surface area contributed by atoms with Gasteiger partial charge in [-0.15, -0.1) is 0 Å². The van der Waals surface area contributed by atoms with Crippen molar-refractivity contribution in [3.8, 4) is 0 Å². The second-order valence-electron chi connectivity index (χ2n) is 15.6. The van der Waals surface area contributed by atoms with E-state index in [-0.39, 0.29) is 38.1 Å². The summed E-state index contributed by atoms with van der Waals surface area (Å²) in [6.07, 6.45) is 0.0503. The molecule has 0 bridgehead atoms. The second-order valence-corrected chi connectivity index (χ2v) is 15.6. The van der Waals surface area contributed by atoms with Gasteiger partial charge in [0.15, 0.2) is 6.23 Å². The summed E-state index contributed by atoms with van der Waals surface area (Å²) in [5.74, 6) is -3.97. The van der Waals surface area contributed by atoms with Gasteiger partial charge in [-0.3, -0.25) is 19.2 Å². The number of rotatable bonds is 18. The Morgan fingerprint density at radius 1 is 0.950 bits per heavy atom. The first-order valence-corrected chi connectivity index (χ1v) is 19.8. The molecule has 5 rings (SSSR count). The largest absolute Gasteiger partial charge is 0.480 e. The van der Waals surface area contributed by atoms with Gasteiger partial charge in [0, 0.05) is 55.8 Å². The highest BCUT2D eigenvalue weighted by Crippen LogP contribution is 2.25. The van der Waals surface area contributed by atoms with Gasteiger partial charge in [0.05, 0.1) is 18.2 Å². The molecule has 1 unspecified atom stereocenters. The zero-order chi connectivity index (χ0) is 43.7.